The van der Waals surface area contributed by atoms with Gasteiger partial charge in [0.15, 0.2) is 0 Å². The van der Waals surface area contributed by atoms with Crippen molar-refractivity contribution in [3.63, 3.8) is 0 Å². The Morgan fingerprint density at radius 2 is 1.75 bits per heavy atom. The van der Waals surface area contributed by atoms with Gasteiger partial charge in [-0.1, -0.05) is 12.8 Å². The summed E-state index contributed by atoms with van der Waals surface area (Å²) in [6.45, 7) is 3.41. The fraction of sp³-hybridized carbons (Fsp3) is 0.562. The van der Waals surface area contributed by atoms with Gasteiger partial charge in [-0.05, 0) is 37.1 Å². The molecule has 2 fully saturated rings. The monoisotopic (exact) mass is 274 g/mol. The number of amides is 1. The van der Waals surface area contributed by atoms with Crippen LogP contribution in [0.15, 0.2) is 24.3 Å². The largest absolute Gasteiger partial charge is 0.378 e. The van der Waals surface area contributed by atoms with Gasteiger partial charge in [-0.2, -0.15) is 0 Å². The normalized spacial score (nSPS) is 20.1. The van der Waals surface area contributed by atoms with Gasteiger partial charge in [0, 0.05) is 30.4 Å². The SMILES string of the molecule is O=C(NC1CCCC1)c1ccc(N2CCOCC2)cc1. The zero-order chi connectivity index (χ0) is 13.8. The first-order chi connectivity index (χ1) is 9.83. The molecule has 1 aliphatic heterocycles. The molecule has 0 aromatic heterocycles. The lowest BCUT2D eigenvalue weighted by molar-refractivity contribution is 0.0938. The van der Waals surface area contributed by atoms with Crippen LogP contribution in [0.4, 0.5) is 5.69 Å². The predicted molar refractivity (Wildman–Crippen MR) is 79.2 cm³/mol. The van der Waals surface area contributed by atoms with Crippen LogP contribution >= 0.6 is 0 Å². The Morgan fingerprint density at radius 3 is 2.40 bits per heavy atom. The third-order valence-corrected chi connectivity index (χ3v) is 4.20. The van der Waals surface area contributed by atoms with Crippen molar-refractivity contribution in [1.29, 1.82) is 0 Å². The molecule has 20 heavy (non-hydrogen) atoms. The molecule has 3 rings (SSSR count). The molecule has 4 heteroatoms. The van der Waals surface area contributed by atoms with Crippen LogP contribution in [0.3, 0.4) is 0 Å². The Balaban J connectivity index is 1.61. The molecule has 1 heterocycles. The van der Waals surface area contributed by atoms with Crippen molar-refractivity contribution >= 4 is 11.6 Å². The van der Waals surface area contributed by atoms with E-state index in [0.29, 0.717) is 6.04 Å². The van der Waals surface area contributed by atoms with Crippen LogP contribution in [-0.2, 0) is 4.74 Å². The van der Waals surface area contributed by atoms with Crippen LogP contribution in [0.2, 0.25) is 0 Å². The smallest absolute Gasteiger partial charge is 0.251 e. The summed E-state index contributed by atoms with van der Waals surface area (Å²) in [6.07, 6.45) is 4.72. The van der Waals surface area contributed by atoms with Gasteiger partial charge in [0.25, 0.3) is 5.91 Å². The minimum absolute atomic E-state index is 0.0606. The molecule has 1 amide bonds. The average molecular weight is 274 g/mol. The molecule has 1 N–H and O–H groups in total. The van der Waals surface area contributed by atoms with Crippen LogP contribution in [0.5, 0.6) is 0 Å². The highest BCUT2D eigenvalue weighted by Crippen LogP contribution is 2.19. The molecule has 1 aromatic rings. The first-order valence-electron chi connectivity index (χ1n) is 7.56. The summed E-state index contributed by atoms with van der Waals surface area (Å²) in [6, 6.07) is 8.30. The van der Waals surface area contributed by atoms with E-state index >= 15 is 0 Å². The summed E-state index contributed by atoms with van der Waals surface area (Å²) >= 11 is 0. The van der Waals surface area contributed by atoms with Crippen LogP contribution in [0.25, 0.3) is 0 Å². The molecule has 1 saturated carbocycles. The van der Waals surface area contributed by atoms with E-state index in [-0.39, 0.29) is 5.91 Å². The Hall–Kier alpha value is -1.55. The van der Waals surface area contributed by atoms with Crippen molar-refractivity contribution < 1.29 is 9.53 Å². The minimum atomic E-state index is 0.0606. The zero-order valence-electron chi connectivity index (χ0n) is 11.8. The van der Waals surface area contributed by atoms with E-state index in [0.717, 1.165) is 44.7 Å². The molecule has 0 unspecified atom stereocenters. The van der Waals surface area contributed by atoms with Crippen molar-refractivity contribution in [2.75, 3.05) is 31.2 Å². The number of hydrogen-bond donors (Lipinski definition) is 1. The van der Waals surface area contributed by atoms with E-state index in [2.05, 4.69) is 10.2 Å². The van der Waals surface area contributed by atoms with Gasteiger partial charge in [-0.15, -0.1) is 0 Å². The summed E-state index contributed by atoms with van der Waals surface area (Å²) < 4.78 is 5.35. The molecule has 1 aliphatic carbocycles. The fourth-order valence-electron chi connectivity index (χ4n) is 2.98. The molecule has 0 radical (unpaired) electrons. The van der Waals surface area contributed by atoms with E-state index < -0.39 is 0 Å². The zero-order valence-corrected chi connectivity index (χ0v) is 11.8. The Labute approximate surface area is 120 Å². The summed E-state index contributed by atoms with van der Waals surface area (Å²) in [7, 11) is 0. The molecule has 2 aliphatic rings. The number of hydrogen-bond acceptors (Lipinski definition) is 3. The van der Waals surface area contributed by atoms with Gasteiger partial charge >= 0.3 is 0 Å². The Bertz CT molecular complexity index is 446. The van der Waals surface area contributed by atoms with Gasteiger partial charge < -0.3 is 15.0 Å². The Kier molecular flexibility index (Phi) is 4.21. The summed E-state index contributed by atoms with van der Waals surface area (Å²) in [4.78, 5) is 14.4. The average Bonchev–Trinajstić information content (AvgIpc) is 3.01. The molecule has 108 valence electrons. The van der Waals surface area contributed by atoms with E-state index in [1.807, 2.05) is 24.3 Å². The van der Waals surface area contributed by atoms with E-state index in [1.165, 1.54) is 18.5 Å². The molecule has 4 nitrogen and oxygen atoms in total. The number of carbonyl (C=O) groups is 1. The topological polar surface area (TPSA) is 41.6 Å². The van der Waals surface area contributed by atoms with Gasteiger partial charge in [0.2, 0.25) is 0 Å². The Morgan fingerprint density at radius 1 is 1.10 bits per heavy atom. The van der Waals surface area contributed by atoms with Gasteiger partial charge in [-0.25, -0.2) is 0 Å². The van der Waals surface area contributed by atoms with Crippen molar-refractivity contribution in [3.05, 3.63) is 29.8 Å². The van der Waals surface area contributed by atoms with Crippen LogP contribution in [-0.4, -0.2) is 38.3 Å². The van der Waals surface area contributed by atoms with Gasteiger partial charge in [-0.3, -0.25) is 4.79 Å². The molecule has 0 bridgehead atoms. The number of nitrogens with zero attached hydrogens (tertiary/aromatic N) is 1. The first kappa shape index (κ1) is 13.4. The number of benzene rings is 1. The standard InChI is InChI=1S/C16H22N2O2/c19-16(17-14-3-1-2-4-14)13-5-7-15(8-6-13)18-9-11-20-12-10-18/h5-8,14H,1-4,9-12H2,(H,17,19). The second-order valence-electron chi connectivity index (χ2n) is 5.60. The summed E-state index contributed by atoms with van der Waals surface area (Å²) in [5.74, 6) is 0.0606. The van der Waals surface area contributed by atoms with Crippen molar-refractivity contribution in [3.8, 4) is 0 Å². The number of rotatable bonds is 3. The van der Waals surface area contributed by atoms with Crippen LogP contribution in [0, 0.1) is 0 Å². The summed E-state index contributed by atoms with van der Waals surface area (Å²) in [5, 5.41) is 3.12. The quantitative estimate of drug-likeness (QED) is 0.918. The number of ether oxygens (including phenoxy) is 1. The van der Waals surface area contributed by atoms with E-state index in [9.17, 15) is 4.79 Å². The summed E-state index contributed by atoms with van der Waals surface area (Å²) in [5.41, 5.74) is 1.93. The van der Waals surface area contributed by atoms with Crippen LogP contribution in [0.1, 0.15) is 36.0 Å². The molecule has 0 spiro atoms. The van der Waals surface area contributed by atoms with Crippen molar-refractivity contribution in [2.24, 2.45) is 0 Å². The maximum atomic E-state index is 12.1. The molecular weight excluding hydrogens is 252 g/mol. The third-order valence-electron chi connectivity index (χ3n) is 4.20. The second-order valence-corrected chi connectivity index (χ2v) is 5.60. The number of carbonyl (C=O) groups excluding carboxylic acids is 1. The third kappa shape index (κ3) is 3.12. The molecule has 0 atom stereocenters. The molecular formula is C16H22N2O2. The van der Waals surface area contributed by atoms with E-state index in [4.69, 9.17) is 4.74 Å². The predicted octanol–water partition coefficient (Wildman–Crippen LogP) is 2.20. The lowest BCUT2D eigenvalue weighted by Gasteiger charge is -2.28. The first-order valence-corrected chi connectivity index (χ1v) is 7.56. The lowest BCUT2D eigenvalue weighted by atomic mass is 10.1. The maximum Gasteiger partial charge on any atom is 0.251 e. The highest BCUT2D eigenvalue weighted by Gasteiger charge is 2.18. The minimum Gasteiger partial charge on any atom is -0.378 e. The fourth-order valence-corrected chi connectivity index (χ4v) is 2.98. The van der Waals surface area contributed by atoms with Gasteiger partial charge in [0.05, 0.1) is 13.2 Å². The molecule has 1 saturated heterocycles. The lowest BCUT2D eigenvalue weighted by Crippen LogP contribution is -2.36. The van der Waals surface area contributed by atoms with Crippen molar-refractivity contribution in [2.45, 2.75) is 31.7 Å². The second kappa shape index (κ2) is 6.27. The van der Waals surface area contributed by atoms with Crippen LogP contribution < -0.4 is 10.2 Å². The highest BCUT2D eigenvalue weighted by molar-refractivity contribution is 5.94. The number of morpholine rings is 1. The highest BCUT2D eigenvalue weighted by atomic mass is 16.5. The maximum absolute atomic E-state index is 12.1. The number of nitrogens with one attached hydrogen (secondary N) is 1. The van der Waals surface area contributed by atoms with Gasteiger partial charge in [0.1, 0.15) is 0 Å². The molecule has 1 aromatic carbocycles. The number of anilines is 1. The van der Waals surface area contributed by atoms with E-state index in [1.54, 1.807) is 0 Å². The van der Waals surface area contributed by atoms with Crippen molar-refractivity contribution in [1.82, 2.24) is 5.32 Å².